The highest BCUT2D eigenvalue weighted by Gasteiger charge is 2.13. The number of hydrogen-bond acceptors (Lipinski definition) is 3. The van der Waals surface area contributed by atoms with E-state index in [0.29, 0.717) is 29.7 Å². The number of nitrogens with two attached hydrogens (primary N) is 1. The number of ether oxygens (including phenoxy) is 2. The van der Waals surface area contributed by atoms with E-state index in [1.54, 1.807) is 0 Å². The fourth-order valence-electron chi connectivity index (χ4n) is 1.43. The molecule has 18 heavy (non-hydrogen) atoms. The van der Waals surface area contributed by atoms with Crippen LogP contribution in [0.4, 0.5) is 0 Å². The van der Waals surface area contributed by atoms with E-state index >= 15 is 0 Å². The molecule has 0 amide bonds. The summed E-state index contributed by atoms with van der Waals surface area (Å²) in [6.07, 6.45) is 2.10. The molecule has 0 heterocycles. The van der Waals surface area contributed by atoms with Crippen molar-refractivity contribution in [3.8, 4) is 11.5 Å². The summed E-state index contributed by atoms with van der Waals surface area (Å²) in [6, 6.07) is 3.67. The molecule has 0 spiro atoms. The average Bonchev–Trinajstić information content (AvgIpc) is 2.32. The van der Waals surface area contributed by atoms with E-state index in [-0.39, 0.29) is 0 Å². The summed E-state index contributed by atoms with van der Waals surface area (Å²) in [5, 5.41) is 0. The van der Waals surface area contributed by atoms with Gasteiger partial charge in [0.2, 0.25) is 0 Å². The number of benzene rings is 1. The second-order valence-electron chi connectivity index (χ2n) is 3.78. The third kappa shape index (κ3) is 4.14. The molecule has 0 aliphatic carbocycles. The Kier molecular flexibility index (Phi) is 6.43. The molecule has 0 bridgehead atoms. The predicted octanol–water partition coefficient (Wildman–Crippen LogP) is 3.66. The van der Waals surface area contributed by atoms with E-state index in [1.165, 1.54) is 0 Å². The van der Waals surface area contributed by atoms with Gasteiger partial charge < -0.3 is 15.2 Å². The van der Waals surface area contributed by atoms with Crippen molar-refractivity contribution in [2.45, 2.75) is 26.7 Å². The Morgan fingerprint density at radius 1 is 1.33 bits per heavy atom. The maximum Gasteiger partial charge on any atom is 0.175 e. The van der Waals surface area contributed by atoms with Crippen LogP contribution in [0, 0.1) is 0 Å². The maximum atomic E-state index is 5.74. The Balaban J connectivity index is 3.02. The van der Waals surface area contributed by atoms with Crippen LogP contribution in [-0.2, 0) is 0 Å². The lowest BCUT2D eigenvalue weighted by atomic mass is 10.2. The molecule has 3 nitrogen and oxygen atoms in total. The van der Waals surface area contributed by atoms with Crippen molar-refractivity contribution in [3.05, 3.63) is 22.2 Å². The number of halogens is 1. The van der Waals surface area contributed by atoms with E-state index in [2.05, 4.69) is 22.9 Å². The van der Waals surface area contributed by atoms with Crippen LogP contribution in [0.25, 0.3) is 0 Å². The minimum Gasteiger partial charge on any atom is -0.490 e. The molecular weight excluding hydrogens is 314 g/mol. The van der Waals surface area contributed by atoms with Crippen molar-refractivity contribution in [2.75, 3.05) is 13.2 Å². The van der Waals surface area contributed by atoms with Gasteiger partial charge in [-0.15, -0.1) is 0 Å². The summed E-state index contributed by atoms with van der Waals surface area (Å²) in [5.74, 6) is 1.39. The first-order valence-electron chi connectivity index (χ1n) is 5.99. The van der Waals surface area contributed by atoms with Gasteiger partial charge in [-0.05, 0) is 41.4 Å². The van der Waals surface area contributed by atoms with Gasteiger partial charge >= 0.3 is 0 Å². The molecule has 5 heteroatoms. The summed E-state index contributed by atoms with van der Waals surface area (Å²) in [6.45, 7) is 5.29. The van der Waals surface area contributed by atoms with Crippen molar-refractivity contribution in [3.63, 3.8) is 0 Å². The summed E-state index contributed by atoms with van der Waals surface area (Å²) in [7, 11) is 0. The quantitative estimate of drug-likeness (QED) is 0.611. The third-order valence-corrected chi connectivity index (χ3v) is 3.16. The van der Waals surface area contributed by atoms with Gasteiger partial charge in [0.05, 0.1) is 17.7 Å². The van der Waals surface area contributed by atoms with Gasteiger partial charge in [-0.25, -0.2) is 0 Å². The summed E-state index contributed by atoms with van der Waals surface area (Å²) >= 11 is 8.44. The molecule has 0 fully saturated rings. The minimum atomic E-state index is 0.344. The zero-order valence-corrected chi connectivity index (χ0v) is 13.1. The Bertz CT molecular complexity index is 424. The number of hydrogen-bond donors (Lipinski definition) is 1. The van der Waals surface area contributed by atoms with Gasteiger partial charge in [-0.1, -0.05) is 25.6 Å². The van der Waals surface area contributed by atoms with Gasteiger partial charge in [0.25, 0.3) is 0 Å². The van der Waals surface area contributed by atoms with Crippen molar-refractivity contribution >= 4 is 33.1 Å². The van der Waals surface area contributed by atoms with Crippen LogP contribution in [0.15, 0.2) is 16.6 Å². The van der Waals surface area contributed by atoms with E-state index in [4.69, 9.17) is 27.4 Å². The first kappa shape index (κ1) is 15.2. The van der Waals surface area contributed by atoms with E-state index in [0.717, 1.165) is 22.9 Å². The van der Waals surface area contributed by atoms with Gasteiger partial charge in [0, 0.05) is 5.56 Å². The lowest BCUT2D eigenvalue weighted by Gasteiger charge is -2.15. The molecule has 0 saturated heterocycles. The van der Waals surface area contributed by atoms with Gasteiger partial charge in [0.15, 0.2) is 11.5 Å². The standard InChI is InChI=1S/C13H18BrNO2S/c1-3-5-6-17-12-10(14)7-9(13(15)18)8-11(12)16-4-2/h7-8H,3-6H2,1-2H3,(H2,15,18). The normalized spacial score (nSPS) is 10.2. The Hall–Kier alpha value is -0.810. The lowest BCUT2D eigenvalue weighted by Crippen LogP contribution is -2.10. The maximum absolute atomic E-state index is 5.74. The molecule has 1 rings (SSSR count). The topological polar surface area (TPSA) is 44.5 Å². The Labute approximate surface area is 122 Å². The first-order valence-corrected chi connectivity index (χ1v) is 7.19. The highest BCUT2D eigenvalue weighted by Crippen LogP contribution is 2.37. The Morgan fingerprint density at radius 2 is 2.06 bits per heavy atom. The fraction of sp³-hybridized carbons (Fsp3) is 0.462. The van der Waals surface area contributed by atoms with E-state index in [9.17, 15) is 0 Å². The van der Waals surface area contributed by atoms with Crippen molar-refractivity contribution in [1.82, 2.24) is 0 Å². The van der Waals surface area contributed by atoms with Crippen molar-refractivity contribution in [1.29, 1.82) is 0 Å². The van der Waals surface area contributed by atoms with E-state index in [1.807, 2.05) is 19.1 Å². The average molecular weight is 332 g/mol. The fourth-order valence-corrected chi connectivity index (χ4v) is 2.11. The summed E-state index contributed by atoms with van der Waals surface area (Å²) in [5.41, 5.74) is 6.40. The van der Waals surface area contributed by atoms with Gasteiger partial charge in [-0.2, -0.15) is 0 Å². The number of thiocarbonyl (C=S) groups is 1. The molecule has 0 atom stereocenters. The molecule has 0 aliphatic rings. The first-order chi connectivity index (χ1) is 8.60. The number of rotatable bonds is 7. The molecule has 100 valence electrons. The summed E-state index contributed by atoms with van der Waals surface area (Å²) in [4.78, 5) is 0.344. The van der Waals surface area contributed by atoms with Crippen LogP contribution in [0.1, 0.15) is 32.3 Å². The van der Waals surface area contributed by atoms with Crippen LogP contribution in [0.5, 0.6) is 11.5 Å². The Morgan fingerprint density at radius 3 is 2.61 bits per heavy atom. The zero-order valence-electron chi connectivity index (χ0n) is 10.7. The molecule has 1 aromatic rings. The third-order valence-electron chi connectivity index (χ3n) is 2.34. The molecule has 2 N–H and O–H groups in total. The van der Waals surface area contributed by atoms with Crippen molar-refractivity contribution in [2.24, 2.45) is 5.73 Å². The second kappa shape index (κ2) is 7.59. The molecule has 0 aliphatic heterocycles. The minimum absolute atomic E-state index is 0.344. The van der Waals surface area contributed by atoms with Crippen molar-refractivity contribution < 1.29 is 9.47 Å². The SMILES string of the molecule is CCCCOc1c(Br)cc(C(N)=S)cc1OCC. The molecular formula is C13H18BrNO2S. The molecule has 0 radical (unpaired) electrons. The monoisotopic (exact) mass is 331 g/mol. The van der Waals surface area contributed by atoms with Crippen LogP contribution < -0.4 is 15.2 Å². The predicted molar refractivity (Wildman–Crippen MR) is 81.6 cm³/mol. The molecule has 0 unspecified atom stereocenters. The van der Waals surface area contributed by atoms with Crippen LogP contribution in [0.2, 0.25) is 0 Å². The number of unbranched alkanes of at least 4 members (excludes halogenated alkanes) is 1. The van der Waals surface area contributed by atoms with Crippen LogP contribution >= 0.6 is 28.1 Å². The highest BCUT2D eigenvalue weighted by atomic mass is 79.9. The van der Waals surface area contributed by atoms with E-state index < -0.39 is 0 Å². The largest absolute Gasteiger partial charge is 0.490 e. The van der Waals surface area contributed by atoms with Crippen LogP contribution in [0.3, 0.4) is 0 Å². The smallest absolute Gasteiger partial charge is 0.175 e. The molecule has 0 saturated carbocycles. The highest BCUT2D eigenvalue weighted by molar-refractivity contribution is 9.10. The molecule has 1 aromatic carbocycles. The summed E-state index contributed by atoms with van der Waals surface area (Å²) < 4.78 is 12.1. The zero-order chi connectivity index (χ0) is 13.5. The van der Waals surface area contributed by atoms with Gasteiger partial charge in [-0.3, -0.25) is 0 Å². The molecule has 0 aromatic heterocycles. The lowest BCUT2D eigenvalue weighted by molar-refractivity contribution is 0.271. The van der Waals surface area contributed by atoms with Gasteiger partial charge in [0.1, 0.15) is 4.99 Å². The second-order valence-corrected chi connectivity index (χ2v) is 5.08. The van der Waals surface area contributed by atoms with Crippen LogP contribution in [-0.4, -0.2) is 18.2 Å².